The molecule has 2 heterocycles. The molecule has 3 rings (SSSR count). The molecular weight excluding hydrogens is 255 g/mol. The molecule has 1 aromatic heterocycles. The maximum atomic E-state index is 13.9. The van der Waals surface area contributed by atoms with Crippen molar-refractivity contribution in [3.63, 3.8) is 0 Å². The molecule has 2 aromatic rings. The van der Waals surface area contributed by atoms with Gasteiger partial charge in [-0.15, -0.1) is 0 Å². The second-order valence-corrected chi connectivity index (χ2v) is 3.92. The zero-order valence-electron chi connectivity index (χ0n) is 9.64. The Morgan fingerprint density at radius 3 is 2.89 bits per heavy atom. The highest BCUT2D eigenvalue weighted by Crippen LogP contribution is 2.41. The number of carboxylic acid groups (broad SMARTS) is 1. The standard InChI is InChI=1S/C12H9FN2O4/c13-6-1-2-9-11(19-4-3-18-9)10(6)7-5-8(12(16)17)15-14-7/h1-2,5H,3-4H2,(H,14,15)(H,16,17). The molecule has 7 heteroatoms. The number of H-pyrrole nitrogens is 1. The summed E-state index contributed by atoms with van der Waals surface area (Å²) in [6.07, 6.45) is 0. The number of ether oxygens (including phenoxy) is 2. The fourth-order valence-corrected chi connectivity index (χ4v) is 1.89. The molecule has 19 heavy (non-hydrogen) atoms. The summed E-state index contributed by atoms with van der Waals surface area (Å²) in [6.45, 7) is 0.693. The van der Waals surface area contributed by atoms with Crippen LogP contribution in [0.1, 0.15) is 10.5 Å². The Labute approximate surface area is 106 Å². The Hall–Kier alpha value is -2.57. The molecule has 1 aliphatic heterocycles. The van der Waals surface area contributed by atoms with Crippen molar-refractivity contribution >= 4 is 5.97 Å². The summed E-state index contributed by atoms with van der Waals surface area (Å²) < 4.78 is 24.7. The second kappa shape index (κ2) is 4.27. The number of fused-ring (bicyclic) bond motifs is 1. The lowest BCUT2D eigenvalue weighted by Gasteiger charge is -2.20. The number of hydrogen-bond acceptors (Lipinski definition) is 4. The third kappa shape index (κ3) is 1.88. The predicted molar refractivity (Wildman–Crippen MR) is 61.9 cm³/mol. The van der Waals surface area contributed by atoms with Crippen LogP contribution in [0.25, 0.3) is 11.3 Å². The van der Waals surface area contributed by atoms with Gasteiger partial charge in [0, 0.05) is 0 Å². The summed E-state index contributed by atoms with van der Waals surface area (Å²) in [5.41, 5.74) is 0.141. The topological polar surface area (TPSA) is 84.4 Å². The maximum Gasteiger partial charge on any atom is 0.353 e. The van der Waals surface area contributed by atoms with Gasteiger partial charge < -0.3 is 14.6 Å². The summed E-state index contributed by atoms with van der Waals surface area (Å²) in [5.74, 6) is -1.05. The number of halogens is 1. The lowest BCUT2D eigenvalue weighted by Crippen LogP contribution is -2.16. The highest BCUT2D eigenvalue weighted by atomic mass is 19.1. The minimum Gasteiger partial charge on any atom is -0.486 e. The van der Waals surface area contributed by atoms with Crippen molar-refractivity contribution in [3.05, 3.63) is 29.7 Å². The number of aromatic nitrogens is 2. The molecule has 0 saturated heterocycles. The number of benzene rings is 1. The molecule has 0 radical (unpaired) electrons. The molecule has 0 fully saturated rings. The summed E-state index contributed by atoms with van der Waals surface area (Å²) >= 11 is 0. The van der Waals surface area contributed by atoms with E-state index in [1.54, 1.807) is 0 Å². The van der Waals surface area contributed by atoms with Gasteiger partial charge in [-0.05, 0) is 18.2 Å². The first-order valence-corrected chi connectivity index (χ1v) is 5.54. The minimum absolute atomic E-state index is 0.0981. The number of carbonyl (C=O) groups is 1. The van der Waals surface area contributed by atoms with Crippen molar-refractivity contribution in [1.29, 1.82) is 0 Å². The second-order valence-electron chi connectivity index (χ2n) is 3.92. The Kier molecular flexibility index (Phi) is 2.59. The van der Waals surface area contributed by atoms with Gasteiger partial charge >= 0.3 is 5.97 Å². The van der Waals surface area contributed by atoms with Crippen LogP contribution in [0.15, 0.2) is 18.2 Å². The van der Waals surface area contributed by atoms with E-state index < -0.39 is 11.8 Å². The Bertz CT molecular complexity index is 653. The Morgan fingerprint density at radius 2 is 2.16 bits per heavy atom. The zero-order chi connectivity index (χ0) is 13.4. The van der Waals surface area contributed by atoms with Crippen LogP contribution < -0.4 is 9.47 Å². The molecule has 0 atom stereocenters. The largest absolute Gasteiger partial charge is 0.486 e. The summed E-state index contributed by atoms with van der Waals surface area (Å²) in [4.78, 5) is 10.8. The van der Waals surface area contributed by atoms with Crippen molar-refractivity contribution in [2.75, 3.05) is 13.2 Å². The van der Waals surface area contributed by atoms with Gasteiger partial charge in [0.2, 0.25) is 0 Å². The van der Waals surface area contributed by atoms with Gasteiger partial charge in [0.05, 0.1) is 11.3 Å². The van der Waals surface area contributed by atoms with Crippen molar-refractivity contribution in [3.8, 4) is 22.8 Å². The van der Waals surface area contributed by atoms with Gasteiger partial charge in [-0.1, -0.05) is 0 Å². The maximum absolute atomic E-state index is 13.9. The van der Waals surface area contributed by atoms with Gasteiger partial charge in [-0.2, -0.15) is 5.10 Å². The van der Waals surface area contributed by atoms with E-state index in [1.165, 1.54) is 18.2 Å². The molecule has 0 bridgehead atoms. The van der Waals surface area contributed by atoms with Crippen LogP contribution in [-0.4, -0.2) is 34.5 Å². The van der Waals surface area contributed by atoms with E-state index in [0.29, 0.717) is 19.0 Å². The summed E-state index contributed by atoms with van der Waals surface area (Å²) in [7, 11) is 0. The molecule has 0 spiro atoms. The lowest BCUT2D eigenvalue weighted by molar-refractivity contribution is 0.0690. The number of aromatic amines is 1. The molecule has 0 amide bonds. The van der Waals surface area contributed by atoms with E-state index in [9.17, 15) is 9.18 Å². The van der Waals surface area contributed by atoms with Gasteiger partial charge in [-0.3, -0.25) is 5.10 Å². The van der Waals surface area contributed by atoms with Crippen LogP contribution in [0.3, 0.4) is 0 Å². The first-order valence-electron chi connectivity index (χ1n) is 5.54. The van der Waals surface area contributed by atoms with E-state index >= 15 is 0 Å². The van der Waals surface area contributed by atoms with E-state index in [0.717, 1.165) is 0 Å². The van der Waals surface area contributed by atoms with Crippen molar-refractivity contribution < 1.29 is 23.8 Å². The quantitative estimate of drug-likeness (QED) is 0.862. The van der Waals surface area contributed by atoms with E-state index in [-0.39, 0.29) is 22.7 Å². The average molecular weight is 264 g/mol. The number of carboxylic acids is 1. The molecular formula is C12H9FN2O4. The predicted octanol–water partition coefficient (Wildman–Crippen LogP) is 1.69. The summed E-state index contributed by atoms with van der Waals surface area (Å²) in [5, 5.41) is 15.0. The zero-order valence-corrected chi connectivity index (χ0v) is 9.64. The number of nitrogens with zero attached hydrogens (tertiary/aromatic N) is 1. The van der Waals surface area contributed by atoms with Gasteiger partial charge in [0.1, 0.15) is 24.7 Å². The van der Waals surface area contributed by atoms with Crippen LogP contribution in [-0.2, 0) is 0 Å². The number of rotatable bonds is 2. The van der Waals surface area contributed by atoms with Crippen molar-refractivity contribution in [2.24, 2.45) is 0 Å². The number of nitrogens with one attached hydrogen (secondary N) is 1. The molecule has 2 N–H and O–H groups in total. The summed E-state index contributed by atoms with van der Waals surface area (Å²) in [6, 6.07) is 3.95. The highest BCUT2D eigenvalue weighted by Gasteiger charge is 2.23. The van der Waals surface area contributed by atoms with Gasteiger partial charge in [-0.25, -0.2) is 9.18 Å². The van der Waals surface area contributed by atoms with Gasteiger partial charge in [0.25, 0.3) is 0 Å². The average Bonchev–Trinajstić information content (AvgIpc) is 2.88. The monoisotopic (exact) mass is 264 g/mol. The third-order valence-corrected chi connectivity index (χ3v) is 2.72. The van der Waals surface area contributed by atoms with Crippen LogP contribution in [0.2, 0.25) is 0 Å². The Balaban J connectivity index is 2.15. The fourth-order valence-electron chi connectivity index (χ4n) is 1.89. The smallest absolute Gasteiger partial charge is 0.353 e. The fraction of sp³-hybridized carbons (Fsp3) is 0.167. The molecule has 1 aromatic carbocycles. The third-order valence-electron chi connectivity index (χ3n) is 2.72. The van der Waals surface area contributed by atoms with E-state index in [2.05, 4.69) is 10.2 Å². The molecule has 1 aliphatic rings. The molecule has 0 saturated carbocycles. The molecule has 0 aliphatic carbocycles. The van der Waals surface area contributed by atoms with Crippen LogP contribution >= 0.6 is 0 Å². The molecule has 98 valence electrons. The molecule has 0 unspecified atom stereocenters. The normalized spacial score (nSPS) is 13.3. The first kappa shape index (κ1) is 11.5. The van der Waals surface area contributed by atoms with E-state index in [1.807, 2.05) is 0 Å². The van der Waals surface area contributed by atoms with Gasteiger partial charge in [0.15, 0.2) is 11.5 Å². The van der Waals surface area contributed by atoms with Crippen molar-refractivity contribution in [2.45, 2.75) is 0 Å². The van der Waals surface area contributed by atoms with Crippen LogP contribution in [0.4, 0.5) is 4.39 Å². The highest BCUT2D eigenvalue weighted by molar-refractivity contribution is 5.87. The lowest BCUT2D eigenvalue weighted by atomic mass is 10.1. The SMILES string of the molecule is O=C(O)c1cc(-c2c(F)ccc3c2OCCO3)n[nH]1. The van der Waals surface area contributed by atoms with E-state index in [4.69, 9.17) is 14.6 Å². The molecule has 6 nitrogen and oxygen atoms in total. The minimum atomic E-state index is -1.17. The number of hydrogen-bond donors (Lipinski definition) is 2. The Morgan fingerprint density at radius 1 is 1.37 bits per heavy atom. The number of aromatic carboxylic acids is 1. The first-order chi connectivity index (χ1) is 9.16. The van der Waals surface area contributed by atoms with Crippen LogP contribution in [0.5, 0.6) is 11.5 Å². The van der Waals surface area contributed by atoms with Crippen molar-refractivity contribution in [1.82, 2.24) is 10.2 Å². The van der Waals surface area contributed by atoms with Crippen LogP contribution in [0, 0.1) is 5.82 Å².